The highest BCUT2D eigenvalue weighted by atomic mass is 16.5. The van der Waals surface area contributed by atoms with Crippen molar-refractivity contribution in [3.63, 3.8) is 0 Å². The highest BCUT2D eigenvalue weighted by Crippen LogP contribution is 2.23. The Morgan fingerprint density at radius 2 is 2.22 bits per heavy atom. The lowest BCUT2D eigenvalue weighted by atomic mass is 10.0. The zero-order chi connectivity index (χ0) is 12.7. The first-order valence-corrected chi connectivity index (χ1v) is 6.45. The molecule has 0 radical (unpaired) electrons. The SMILES string of the molecule is CCOC(=O)c1cn2c3c(nc2n1C)CCCC3. The summed E-state index contributed by atoms with van der Waals surface area (Å²) in [5, 5.41) is 0. The van der Waals surface area contributed by atoms with Crippen LogP contribution in [0.5, 0.6) is 0 Å². The average molecular weight is 247 g/mol. The third kappa shape index (κ3) is 1.54. The summed E-state index contributed by atoms with van der Waals surface area (Å²) in [6.07, 6.45) is 6.35. The third-order valence-corrected chi connectivity index (χ3v) is 3.55. The van der Waals surface area contributed by atoms with Gasteiger partial charge in [-0.25, -0.2) is 9.78 Å². The number of ether oxygens (including phenoxy) is 1. The fraction of sp³-hybridized carbons (Fsp3) is 0.538. The molecule has 0 saturated carbocycles. The summed E-state index contributed by atoms with van der Waals surface area (Å²) in [7, 11) is 1.86. The number of hydrogen-bond acceptors (Lipinski definition) is 3. The molecule has 0 bridgehead atoms. The summed E-state index contributed by atoms with van der Waals surface area (Å²) in [4.78, 5) is 16.5. The molecule has 0 fully saturated rings. The van der Waals surface area contributed by atoms with Crippen molar-refractivity contribution >= 4 is 11.7 Å². The topological polar surface area (TPSA) is 48.5 Å². The van der Waals surface area contributed by atoms with Gasteiger partial charge < -0.3 is 9.30 Å². The summed E-state index contributed by atoms with van der Waals surface area (Å²) < 4.78 is 8.91. The number of nitrogens with zero attached hydrogens (tertiary/aromatic N) is 3. The van der Waals surface area contributed by atoms with Crippen LogP contribution in [0.2, 0.25) is 0 Å². The molecule has 18 heavy (non-hydrogen) atoms. The number of carbonyl (C=O) groups excluding carboxylic acids is 1. The number of rotatable bonds is 2. The maximum absolute atomic E-state index is 11.8. The largest absolute Gasteiger partial charge is 0.461 e. The number of aromatic nitrogens is 3. The molecule has 3 rings (SSSR count). The fourth-order valence-corrected chi connectivity index (χ4v) is 2.63. The zero-order valence-corrected chi connectivity index (χ0v) is 10.8. The maximum atomic E-state index is 11.8. The van der Waals surface area contributed by atoms with E-state index in [1.807, 2.05) is 29.1 Å². The molecule has 0 amide bonds. The van der Waals surface area contributed by atoms with Gasteiger partial charge in [0.2, 0.25) is 5.78 Å². The first kappa shape index (κ1) is 11.3. The molecule has 0 spiro atoms. The zero-order valence-electron chi connectivity index (χ0n) is 10.8. The van der Waals surface area contributed by atoms with E-state index in [4.69, 9.17) is 4.74 Å². The van der Waals surface area contributed by atoms with Crippen LogP contribution >= 0.6 is 0 Å². The molecule has 0 saturated heterocycles. The van der Waals surface area contributed by atoms with Gasteiger partial charge in [-0.05, 0) is 32.6 Å². The molecule has 1 aliphatic carbocycles. The van der Waals surface area contributed by atoms with Crippen LogP contribution in [-0.2, 0) is 24.6 Å². The van der Waals surface area contributed by atoms with Crippen molar-refractivity contribution in [2.45, 2.75) is 32.6 Å². The fourth-order valence-electron chi connectivity index (χ4n) is 2.63. The van der Waals surface area contributed by atoms with Gasteiger partial charge in [0, 0.05) is 18.9 Å². The third-order valence-electron chi connectivity index (χ3n) is 3.55. The molecule has 1 aliphatic rings. The predicted octanol–water partition coefficient (Wildman–Crippen LogP) is 1.73. The van der Waals surface area contributed by atoms with Crippen LogP contribution in [0.1, 0.15) is 41.6 Å². The molecule has 0 unspecified atom stereocenters. The summed E-state index contributed by atoms with van der Waals surface area (Å²) in [6, 6.07) is 0. The van der Waals surface area contributed by atoms with Crippen LogP contribution in [0, 0.1) is 0 Å². The van der Waals surface area contributed by atoms with Crippen LogP contribution in [0.25, 0.3) is 5.78 Å². The monoisotopic (exact) mass is 247 g/mol. The van der Waals surface area contributed by atoms with Crippen LogP contribution in [0.4, 0.5) is 0 Å². The number of carbonyl (C=O) groups is 1. The lowest BCUT2D eigenvalue weighted by Gasteiger charge is -2.09. The summed E-state index contributed by atoms with van der Waals surface area (Å²) in [5.74, 6) is 0.556. The van der Waals surface area contributed by atoms with Crippen LogP contribution in [-0.4, -0.2) is 26.5 Å². The van der Waals surface area contributed by atoms with Crippen molar-refractivity contribution in [1.29, 1.82) is 0 Å². The van der Waals surface area contributed by atoms with E-state index in [0.29, 0.717) is 12.3 Å². The standard InChI is InChI=1S/C13H17N3O2/c1-3-18-12(17)11-8-16-10-7-5-4-6-9(10)14-13(16)15(11)2/h8H,3-7H2,1-2H3. The van der Waals surface area contributed by atoms with Gasteiger partial charge in [-0.1, -0.05) is 0 Å². The van der Waals surface area contributed by atoms with Gasteiger partial charge in [0.15, 0.2) is 0 Å². The first-order chi connectivity index (χ1) is 8.72. The molecule has 2 heterocycles. The van der Waals surface area contributed by atoms with E-state index in [-0.39, 0.29) is 5.97 Å². The normalized spacial score (nSPS) is 14.8. The lowest BCUT2D eigenvalue weighted by molar-refractivity contribution is 0.0515. The average Bonchev–Trinajstić information content (AvgIpc) is 2.88. The highest BCUT2D eigenvalue weighted by molar-refractivity contribution is 5.88. The van der Waals surface area contributed by atoms with Crippen LogP contribution < -0.4 is 0 Å². The minimum absolute atomic E-state index is 0.282. The van der Waals surface area contributed by atoms with E-state index in [9.17, 15) is 4.79 Å². The van der Waals surface area contributed by atoms with Crippen molar-refractivity contribution in [1.82, 2.24) is 14.0 Å². The number of esters is 1. The van der Waals surface area contributed by atoms with Gasteiger partial charge >= 0.3 is 5.97 Å². The summed E-state index contributed by atoms with van der Waals surface area (Å²) in [6.45, 7) is 2.21. The Labute approximate surface area is 105 Å². The van der Waals surface area contributed by atoms with E-state index in [1.165, 1.54) is 24.2 Å². The Kier molecular flexibility index (Phi) is 2.61. The molecule has 96 valence electrons. The Hall–Kier alpha value is -1.78. The first-order valence-electron chi connectivity index (χ1n) is 6.45. The summed E-state index contributed by atoms with van der Waals surface area (Å²) >= 11 is 0. The molecule has 0 N–H and O–H groups in total. The minimum Gasteiger partial charge on any atom is -0.461 e. The second-order valence-electron chi connectivity index (χ2n) is 4.68. The van der Waals surface area contributed by atoms with Gasteiger partial charge in [0.25, 0.3) is 0 Å². The molecular weight excluding hydrogens is 230 g/mol. The smallest absolute Gasteiger partial charge is 0.356 e. The van der Waals surface area contributed by atoms with Crippen molar-refractivity contribution in [3.8, 4) is 0 Å². The number of hydrogen-bond donors (Lipinski definition) is 0. The second-order valence-corrected chi connectivity index (χ2v) is 4.68. The second kappa shape index (κ2) is 4.15. The van der Waals surface area contributed by atoms with Crippen molar-refractivity contribution < 1.29 is 9.53 Å². The molecule has 5 heteroatoms. The Morgan fingerprint density at radius 1 is 1.44 bits per heavy atom. The molecule has 0 aliphatic heterocycles. The number of imidazole rings is 2. The van der Waals surface area contributed by atoms with Gasteiger partial charge in [-0.2, -0.15) is 0 Å². The minimum atomic E-state index is -0.282. The van der Waals surface area contributed by atoms with E-state index in [2.05, 4.69) is 4.98 Å². The van der Waals surface area contributed by atoms with Crippen LogP contribution in [0.15, 0.2) is 6.20 Å². The Balaban J connectivity index is 2.12. The van der Waals surface area contributed by atoms with Crippen LogP contribution in [0.3, 0.4) is 0 Å². The van der Waals surface area contributed by atoms with E-state index in [0.717, 1.165) is 18.6 Å². The number of fused-ring (bicyclic) bond motifs is 3. The molecule has 0 aromatic carbocycles. The molecule has 0 atom stereocenters. The quantitative estimate of drug-likeness (QED) is 0.759. The predicted molar refractivity (Wildman–Crippen MR) is 66.8 cm³/mol. The van der Waals surface area contributed by atoms with Crippen molar-refractivity contribution in [2.24, 2.45) is 7.05 Å². The van der Waals surface area contributed by atoms with Gasteiger partial charge in [-0.15, -0.1) is 0 Å². The lowest BCUT2D eigenvalue weighted by Crippen LogP contribution is -2.10. The Morgan fingerprint density at radius 3 is 3.00 bits per heavy atom. The van der Waals surface area contributed by atoms with Gasteiger partial charge in [0.05, 0.1) is 12.3 Å². The molecular formula is C13H17N3O2. The van der Waals surface area contributed by atoms with E-state index < -0.39 is 0 Å². The number of aryl methyl sites for hydroxylation is 3. The highest BCUT2D eigenvalue weighted by Gasteiger charge is 2.22. The molecule has 2 aromatic heterocycles. The molecule has 2 aromatic rings. The maximum Gasteiger partial charge on any atom is 0.356 e. The van der Waals surface area contributed by atoms with Gasteiger partial charge in [-0.3, -0.25) is 4.40 Å². The van der Waals surface area contributed by atoms with Crippen molar-refractivity contribution in [3.05, 3.63) is 23.3 Å². The van der Waals surface area contributed by atoms with E-state index in [1.54, 1.807) is 0 Å². The molecule has 5 nitrogen and oxygen atoms in total. The Bertz CT molecular complexity index is 609. The van der Waals surface area contributed by atoms with Crippen molar-refractivity contribution in [2.75, 3.05) is 6.61 Å². The summed E-state index contributed by atoms with van der Waals surface area (Å²) in [5.41, 5.74) is 3.00. The van der Waals surface area contributed by atoms with Gasteiger partial charge in [0.1, 0.15) is 5.69 Å². The van der Waals surface area contributed by atoms with E-state index >= 15 is 0 Å².